The van der Waals surface area contributed by atoms with E-state index in [1.54, 1.807) is 4.90 Å². The lowest BCUT2D eigenvalue weighted by Crippen LogP contribution is -2.53. The van der Waals surface area contributed by atoms with Gasteiger partial charge in [0.25, 0.3) is 0 Å². The Labute approximate surface area is 188 Å². The standard InChI is InChI=1S/C19H29N5O4.HI/c1-4-20-17(23-10-12-24(13-11-23)19(26)28-5-2)21-14-15-6-8-16(9-7-15)22-18(25)27-3;/h6-9H,4-5,10-14H2,1-3H3,(H,20,21)(H,22,25);1H. The molecule has 0 bridgehead atoms. The third-order valence-corrected chi connectivity index (χ3v) is 4.24. The molecule has 2 N–H and O–H groups in total. The fraction of sp³-hybridized carbons (Fsp3) is 0.526. The molecule has 29 heavy (non-hydrogen) atoms. The third kappa shape index (κ3) is 7.95. The van der Waals surface area contributed by atoms with Gasteiger partial charge in [0.15, 0.2) is 5.96 Å². The first-order chi connectivity index (χ1) is 13.6. The van der Waals surface area contributed by atoms with Crippen LogP contribution in [0.15, 0.2) is 29.3 Å². The topological polar surface area (TPSA) is 95.5 Å². The molecule has 1 fully saturated rings. The fourth-order valence-corrected chi connectivity index (χ4v) is 2.77. The van der Waals surface area contributed by atoms with E-state index in [9.17, 15) is 9.59 Å². The minimum absolute atomic E-state index is 0. The zero-order valence-corrected chi connectivity index (χ0v) is 19.5. The van der Waals surface area contributed by atoms with Crippen LogP contribution in [-0.2, 0) is 16.0 Å². The Morgan fingerprint density at radius 3 is 2.24 bits per heavy atom. The Balaban J connectivity index is 0.00000420. The normalized spacial score (nSPS) is 14.0. The van der Waals surface area contributed by atoms with E-state index < -0.39 is 6.09 Å². The van der Waals surface area contributed by atoms with Gasteiger partial charge in [0.2, 0.25) is 0 Å². The molecular weight excluding hydrogens is 489 g/mol. The van der Waals surface area contributed by atoms with Gasteiger partial charge in [-0.15, -0.1) is 24.0 Å². The molecule has 2 amide bonds. The van der Waals surface area contributed by atoms with Crippen molar-refractivity contribution in [1.82, 2.24) is 15.1 Å². The van der Waals surface area contributed by atoms with Crippen LogP contribution in [0.5, 0.6) is 0 Å². The van der Waals surface area contributed by atoms with E-state index in [2.05, 4.69) is 20.3 Å². The van der Waals surface area contributed by atoms with Crippen molar-refractivity contribution >= 4 is 47.8 Å². The second-order valence-electron chi connectivity index (χ2n) is 6.16. The molecule has 0 spiro atoms. The van der Waals surface area contributed by atoms with Gasteiger partial charge < -0.3 is 24.6 Å². The number of hydrogen-bond acceptors (Lipinski definition) is 5. The first-order valence-electron chi connectivity index (χ1n) is 9.46. The highest BCUT2D eigenvalue weighted by atomic mass is 127. The largest absolute Gasteiger partial charge is 0.453 e. The van der Waals surface area contributed by atoms with Crippen molar-refractivity contribution in [3.8, 4) is 0 Å². The van der Waals surface area contributed by atoms with Crippen LogP contribution in [0.4, 0.5) is 15.3 Å². The van der Waals surface area contributed by atoms with Gasteiger partial charge in [0.1, 0.15) is 0 Å². The molecule has 1 aromatic rings. The summed E-state index contributed by atoms with van der Waals surface area (Å²) >= 11 is 0. The van der Waals surface area contributed by atoms with Crippen LogP contribution < -0.4 is 10.6 Å². The fourth-order valence-electron chi connectivity index (χ4n) is 2.77. The van der Waals surface area contributed by atoms with Crippen molar-refractivity contribution in [3.05, 3.63) is 29.8 Å². The van der Waals surface area contributed by atoms with Gasteiger partial charge in [0, 0.05) is 38.4 Å². The molecular formula is C19H30IN5O4. The molecule has 0 saturated carbocycles. The van der Waals surface area contributed by atoms with Gasteiger partial charge in [0.05, 0.1) is 20.3 Å². The number of hydrogen-bond donors (Lipinski definition) is 2. The van der Waals surface area contributed by atoms with Crippen LogP contribution >= 0.6 is 24.0 Å². The van der Waals surface area contributed by atoms with E-state index in [1.165, 1.54) is 7.11 Å². The van der Waals surface area contributed by atoms with Crippen molar-refractivity contribution in [3.63, 3.8) is 0 Å². The van der Waals surface area contributed by atoms with Gasteiger partial charge in [-0.2, -0.15) is 0 Å². The van der Waals surface area contributed by atoms with Gasteiger partial charge in [-0.25, -0.2) is 14.6 Å². The molecule has 162 valence electrons. The minimum atomic E-state index is -0.498. The predicted octanol–water partition coefficient (Wildman–Crippen LogP) is 2.72. The Hall–Kier alpha value is -2.24. The minimum Gasteiger partial charge on any atom is -0.453 e. The summed E-state index contributed by atoms with van der Waals surface area (Å²) in [4.78, 5) is 31.6. The Morgan fingerprint density at radius 2 is 1.69 bits per heavy atom. The number of anilines is 1. The highest BCUT2D eigenvalue weighted by molar-refractivity contribution is 14.0. The number of nitrogens with one attached hydrogen (secondary N) is 2. The second kappa shape index (κ2) is 13.1. The monoisotopic (exact) mass is 519 g/mol. The van der Waals surface area contributed by atoms with Crippen LogP contribution in [0.3, 0.4) is 0 Å². The lowest BCUT2D eigenvalue weighted by Gasteiger charge is -2.35. The van der Waals surface area contributed by atoms with Crippen LogP contribution in [-0.4, -0.2) is 74.4 Å². The number of aliphatic imine (C=N–C) groups is 1. The summed E-state index contributed by atoms with van der Waals surface area (Å²) in [6.07, 6.45) is -0.757. The zero-order chi connectivity index (χ0) is 20.4. The van der Waals surface area contributed by atoms with E-state index in [-0.39, 0.29) is 30.1 Å². The van der Waals surface area contributed by atoms with Crippen molar-refractivity contribution in [2.75, 3.05) is 51.8 Å². The molecule has 1 aliphatic heterocycles. The molecule has 9 nitrogen and oxygen atoms in total. The number of halogens is 1. The Kier molecular flexibility index (Phi) is 11.2. The summed E-state index contributed by atoms with van der Waals surface area (Å²) in [6, 6.07) is 7.45. The summed E-state index contributed by atoms with van der Waals surface area (Å²) < 4.78 is 9.63. The molecule has 10 heteroatoms. The molecule has 1 aromatic carbocycles. The molecule has 0 radical (unpaired) electrons. The molecule has 0 atom stereocenters. The van der Waals surface area contributed by atoms with Crippen molar-refractivity contribution in [2.45, 2.75) is 20.4 Å². The number of piperazine rings is 1. The van der Waals surface area contributed by atoms with E-state index in [0.717, 1.165) is 18.1 Å². The van der Waals surface area contributed by atoms with Crippen molar-refractivity contribution in [1.29, 1.82) is 0 Å². The number of carbonyl (C=O) groups excluding carboxylic acids is 2. The lowest BCUT2D eigenvalue weighted by molar-refractivity contribution is 0.0914. The number of ether oxygens (including phenoxy) is 2. The molecule has 1 aliphatic rings. The molecule has 0 aliphatic carbocycles. The maximum atomic E-state index is 11.8. The summed E-state index contributed by atoms with van der Waals surface area (Å²) in [5, 5.41) is 5.92. The van der Waals surface area contributed by atoms with E-state index in [4.69, 9.17) is 9.73 Å². The van der Waals surface area contributed by atoms with Crippen LogP contribution in [0.25, 0.3) is 0 Å². The molecule has 0 aromatic heterocycles. The number of carbonyl (C=O) groups is 2. The Morgan fingerprint density at radius 1 is 1.07 bits per heavy atom. The van der Waals surface area contributed by atoms with E-state index >= 15 is 0 Å². The summed E-state index contributed by atoms with van der Waals surface area (Å²) in [5.41, 5.74) is 1.69. The average Bonchev–Trinajstić information content (AvgIpc) is 2.72. The first-order valence-corrected chi connectivity index (χ1v) is 9.46. The van der Waals surface area contributed by atoms with Gasteiger partial charge >= 0.3 is 12.2 Å². The van der Waals surface area contributed by atoms with E-state index in [0.29, 0.717) is 45.0 Å². The lowest BCUT2D eigenvalue weighted by atomic mass is 10.2. The van der Waals surface area contributed by atoms with Crippen LogP contribution in [0.2, 0.25) is 0 Å². The van der Waals surface area contributed by atoms with E-state index in [1.807, 2.05) is 38.1 Å². The van der Waals surface area contributed by atoms with Gasteiger partial charge in [-0.05, 0) is 31.5 Å². The number of amides is 2. The van der Waals surface area contributed by atoms with Crippen molar-refractivity contribution in [2.24, 2.45) is 4.99 Å². The summed E-state index contributed by atoms with van der Waals surface area (Å²) in [6.45, 7) is 8.11. The molecule has 1 heterocycles. The third-order valence-electron chi connectivity index (χ3n) is 4.24. The number of methoxy groups -OCH3 is 1. The van der Waals surface area contributed by atoms with Gasteiger partial charge in [-0.1, -0.05) is 12.1 Å². The number of guanidine groups is 1. The quantitative estimate of drug-likeness (QED) is 0.353. The van der Waals surface area contributed by atoms with Crippen molar-refractivity contribution < 1.29 is 19.1 Å². The number of nitrogens with zero attached hydrogens (tertiary/aromatic N) is 3. The number of rotatable bonds is 5. The maximum absolute atomic E-state index is 11.8. The Bertz CT molecular complexity index is 676. The van der Waals surface area contributed by atoms with Crippen LogP contribution in [0.1, 0.15) is 19.4 Å². The summed E-state index contributed by atoms with van der Waals surface area (Å²) in [7, 11) is 1.33. The summed E-state index contributed by atoms with van der Waals surface area (Å²) in [5.74, 6) is 0.822. The van der Waals surface area contributed by atoms with Crippen LogP contribution in [0, 0.1) is 0 Å². The molecule has 1 saturated heterocycles. The number of benzene rings is 1. The first kappa shape index (κ1) is 24.8. The average molecular weight is 519 g/mol. The molecule has 0 unspecified atom stereocenters. The maximum Gasteiger partial charge on any atom is 0.411 e. The highest BCUT2D eigenvalue weighted by Gasteiger charge is 2.23. The van der Waals surface area contributed by atoms with Gasteiger partial charge in [-0.3, -0.25) is 5.32 Å². The SMILES string of the molecule is CCNC(=NCc1ccc(NC(=O)OC)cc1)N1CCN(C(=O)OCC)CC1.I. The highest BCUT2D eigenvalue weighted by Crippen LogP contribution is 2.11. The molecule has 2 rings (SSSR count). The zero-order valence-electron chi connectivity index (χ0n) is 17.1. The second-order valence-corrected chi connectivity index (χ2v) is 6.16. The predicted molar refractivity (Wildman–Crippen MR) is 123 cm³/mol. The smallest absolute Gasteiger partial charge is 0.411 e.